The molecule has 0 spiro atoms. The van der Waals surface area contributed by atoms with Crippen LogP contribution in [0.1, 0.15) is 0 Å². The highest BCUT2D eigenvalue weighted by molar-refractivity contribution is 6.30. The third-order valence-corrected chi connectivity index (χ3v) is 3.86. The van der Waals surface area contributed by atoms with E-state index >= 15 is 0 Å². The van der Waals surface area contributed by atoms with Gasteiger partial charge in [-0.05, 0) is 30.3 Å². The second-order valence-corrected chi connectivity index (χ2v) is 5.78. The molecule has 0 atom stereocenters. The molecule has 2 aromatic rings. The van der Waals surface area contributed by atoms with Crippen molar-refractivity contribution in [2.75, 3.05) is 36.5 Å². The van der Waals surface area contributed by atoms with Crippen LogP contribution in [0.3, 0.4) is 0 Å². The number of carbonyl (C=O) groups excluding carboxylic acids is 1. The van der Waals surface area contributed by atoms with Crippen LogP contribution < -0.4 is 15.8 Å². The van der Waals surface area contributed by atoms with Crippen LogP contribution in [-0.4, -0.2) is 42.0 Å². The molecule has 8 heteroatoms. The SMILES string of the molecule is O=C(Cn1nc(N2CCOCC2)ccc1=O)Nc1ccc(Cl)cc1. The lowest BCUT2D eigenvalue weighted by Gasteiger charge is -2.27. The van der Waals surface area contributed by atoms with Gasteiger partial charge in [-0.3, -0.25) is 9.59 Å². The Morgan fingerprint density at radius 1 is 1.17 bits per heavy atom. The molecule has 0 bridgehead atoms. The summed E-state index contributed by atoms with van der Waals surface area (Å²) < 4.78 is 6.47. The molecule has 2 heterocycles. The van der Waals surface area contributed by atoms with E-state index in [0.29, 0.717) is 42.8 Å². The van der Waals surface area contributed by atoms with Crippen LogP contribution in [0.5, 0.6) is 0 Å². The molecule has 126 valence electrons. The Hall–Kier alpha value is -2.38. The van der Waals surface area contributed by atoms with Crippen molar-refractivity contribution in [3.05, 3.63) is 51.8 Å². The van der Waals surface area contributed by atoms with Crippen LogP contribution >= 0.6 is 11.6 Å². The Balaban J connectivity index is 1.70. The highest BCUT2D eigenvalue weighted by atomic mass is 35.5. The fourth-order valence-corrected chi connectivity index (χ4v) is 2.51. The van der Waals surface area contributed by atoms with E-state index in [1.807, 2.05) is 4.90 Å². The zero-order chi connectivity index (χ0) is 16.9. The molecule has 1 aliphatic rings. The summed E-state index contributed by atoms with van der Waals surface area (Å²) in [6, 6.07) is 9.84. The molecule has 1 aliphatic heterocycles. The second-order valence-electron chi connectivity index (χ2n) is 5.34. The third-order valence-electron chi connectivity index (χ3n) is 3.61. The van der Waals surface area contributed by atoms with E-state index in [4.69, 9.17) is 16.3 Å². The van der Waals surface area contributed by atoms with Gasteiger partial charge in [0.2, 0.25) is 5.91 Å². The summed E-state index contributed by atoms with van der Waals surface area (Å²) in [6.07, 6.45) is 0. The Bertz CT molecular complexity index is 770. The summed E-state index contributed by atoms with van der Waals surface area (Å²) in [7, 11) is 0. The minimum absolute atomic E-state index is 0.153. The molecular weight excluding hydrogens is 332 g/mol. The molecule has 1 saturated heterocycles. The van der Waals surface area contributed by atoms with Gasteiger partial charge in [-0.2, -0.15) is 5.10 Å². The minimum Gasteiger partial charge on any atom is -0.378 e. The number of hydrogen-bond acceptors (Lipinski definition) is 5. The number of amides is 1. The highest BCUT2D eigenvalue weighted by Crippen LogP contribution is 2.13. The molecule has 24 heavy (non-hydrogen) atoms. The smallest absolute Gasteiger partial charge is 0.267 e. The van der Waals surface area contributed by atoms with Crippen molar-refractivity contribution in [3.8, 4) is 0 Å². The topological polar surface area (TPSA) is 76.5 Å². The molecule has 1 fully saturated rings. The van der Waals surface area contributed by atoms with E-state index in [1.54, 1.807) is 30.3 Å². The zero-order valence-electron chi connectivity index (χ0n) is 12.9. The van der Waals surface area contributed by atoms with Crippen molar-refractivity contribution in [3.63, 3.8) is 0 Å². The number of halogens is 1. The molecule has 1 aromatic carbocycles. The Morgan fingerprint density at radius 3 is 2.58 bits per heavy atom. The minimum atomic E-state index is -0.328. The number of anilines is 2. The van der Waals surface area contributed by atoms with Crippen LogP contribution in [-0.2, 0) is 16.1 Å². The molecule has 1 N–H and O–H groups in total. The van der Waals surface area contributed by atoms with Crippen molar-refractivity contribution >= 4 is 29.0 Å². The zero-order valence-corrected chi connectivity index (χ0v) is 13.7. The van der Waals surface area contributed by atoms with Gasteiger partial charge >= 0.3 is 0 Å². The number of nitrogens with zero attached hydrogens (tertiary/aromatic N) is 3. The van der Waals surface area contributed by atoms with Gasteiger partial charge < -0.3 is 15.0 Å². The maximum Gasteiger partial charge on any atom is 0.267 e. The lowest BCUT2D eigenvalue weighted by molar-refractivity contribution is -0.117. The molecule has 0 aliphatic carbocycles. The second kappa shape index (κ2) is 7.46. The van der Waals surface area contributed by atoms with Gasteiger partial charge in [-0.25, -0.2) is 4.68 Å². The average Bonchev–Trinajstić information content (AvgIpc) is 2.60. The number of ether oxygens (including phenoxy) is 1. The number of carbonyl (C=O) groups is 1. The quantitative estimate of drug-likeness (QED) is 0.903. The highest BCUT2D eigenvalue weighted by Gasteiger charge is 2.14. The van der Waals surface area contributed by atoms with Gasteiger partial charge in [0.1, 0.15) is 12.4 Å². The van der Waals surface area contributed by atoms with E-state index in [-0.39, 0.29) is 18.0 Å². The Kier molecular flexibility index (Phi) is 5.12. The fraction of sp³-hybridized carbons (Fsp3) is 0.312. The van der Waals surface area contributed by atoms with E-state index in [9.17, 15) is 9.59 Å². The van der Waals surface area contributed by atoms with Crippen LogP contribution in [0.2, 0.25) is 5.02 Å². The van der Waals surface area contributed by atoms with Crippen LogP contribution in [0.25, 0.3) is 0 Å². The first-order valence-corrected chi connectivity index (χ1v) is 7.96. The van der Waals surface area contributed by atoms with Crippen molar-refractivity contribution in [2.45, 2.75) is 6.54 Å². The number of rotatable bonds is 4. The molecule has 3 rings (SSSR count). The monoisotopic (exact) mass is 348 g/mol. The molecule has 0 unspecified atom stereocenters. The lowest BCUT2D eigenvalue weighted by atomic mass is 10.3. The largest absolute Gasteiger partial charge is 0.378 e. The lowest BCUT2D eigenvalue weighted by Crippen LogP contribution is -2.38. The molecule has 0 radical (unpaired) electrons. The number of hydrogen-bond donors (Lipinski definition) is 1. The van der Waals surface area contributed by atoms with Crippen molar-refractivity contribution < 1.29 is 9.53 Å². The van der Waals surface area contributed by atoms with E-state index in [2.05, 4.69) is 10.4 Å². The molecular formula is C16H17ClN4O3. The van der Waals surface area contributed by atoms with E-state index < -0.39 is 0 Å². The summed E-state index contributed by atoms with van der Waals surface area (Å²) in [5.74, 6) is 0.336. The summed E-state index contributed by atoms with van der Waals surface area (Å²) in [6.45, 7) is 2.51. The first-order chi connectivity index (χ1) is 11.6. The Morgan fingerprint density at radius 2 is 1.88 bits per heavy atom. The van der Waals surface area contributed by atoms with Crippen LogP contribution in [0.4, 0.5) is 11.5 Å². The first kappa shape index (κ1) is 16.5. The first-order valence-electron chi connectivity index (χ1n) is 7.58. The predicted molar refractivity (Wildman–Crippen MR) is 91.6 cm³/mol. The summed E-state index contributed by atoms with van der Waals surface area (Å²) in [5, 5.41) is 7.58. The van der Waals surface area contributed by atoms with Gasteiger partial charge in [0.05, 0.1) is 13.2 Å². The summed E-state index contributed by atoms with van der Waals surface area (Å²) >= 11 is 5.81. The van der Waals surface area contributed by atoms with Gasteiger partial charge in [-0.1, -0.05) is 11.6 Å². The van der Waals surface area contributed by atoms with Gasteiger partial charge in [0, 0.05) is 29.9 Å². The predicted octanol–water partition coefficient (Wildman–Crippen LogP) is 1.37. The van der Waals surface area contributed by atoms with Gasteiger partial charge in [0.25, 0.3) is 5.56 Å². The Labute approximate surface area is 143 Å². The van der Waals surface area contributed by atoms with E-state index in [1.165, 1.54) is 6.07 Å². The molecule has 7 nitrogen and oxygen atoms in total. The maximum atomic E-state index is 12.1. The van der Waals surface area contributed by atoms with Crippen molar-refractivity contribution in [1.82, 2.24) is 9.78 Å². The van der Waals surface area contributed by atoms with Gasteiger partial charge in [0.15, 0.2) is 0 Å². The summed E-state index contributed by atoms with van der Waals surface area (Å²) in [4.78, 5) is 26.1. The normalized spacial score (nSPS) is 14.5. The number of benzene rings is 1. The number of nitrogens with one attached hydrogen (secondary N) is 1. The van der Waals surface area contributed by atoms with E-state index in [0.717, 1.165) is 4.68 Å². The molecule has 0 saturated carbocycles. The standard InChI is InChI=1S/C16H17ClN4O3/c17-12-1-3-13(4-2-12)18-15(22)11-21-16(23)6-5-14(19-21)20-7-9-24-10-8-20/h1-6H,7-11H2,(H,18,22). The van der Waals surface area contributed by atoms with Crippen LogP contribution in [0.15, 0.2) is 41.2 Å². The third kappa shape index (κ3) is 4.12. The fourth-order valence-electron chi connectivity index (χ4n) is 2.38. The van der Waals surface area contributed by atoms with Crippen molar-refractivity contribution in [1.29, 1.82) is 0 Å². The molecule has 1 aromatic heterocycles. The maximum absolute atomic E-state index is 12.1. The number of aromatic nitrogens is 2. The van der Waals surface area contributed by atoms with Crippen molar-refractivity contribution in [2.24, 2.45) is 0 Å². The molecule has 1 amide bonds. The summed E-state index contributed by atoms with van der Waals surface area (Å²) in [5.41, 5.74) is 0.292. The number of morpholine rings is 1. The average molecular weight is 349 g/mol. The van der Waals surface area contributed by atoms with Crippen LogP contribution in [0, 0.1) is 0 Å². The van der Waals surface area contributed by atoms with Gasteiger partial charge in [-0.15, -0.1) is 0 Å².